The lowest BCUT2D eigenvalue weighted by Gasteiger charge is -2.28. The number of aliphatic imine (C=N–C) groups is 1. The van der Waals surface area contributed by atoms with Crippen LogP contribution in [0.1, 0.15) is 58.1 Å². The number of aromatic nitrogens is 2. The Morgan fingerprint density at radius 2 is 1.15 bits per heavy atom. The van der Waals surface area contributed by atoms with Crippen LogP contribution in [0.15, 0.2) is 17.5 Å². The molecule has 0 unspecified atom stereocenters. The highest BCUT2D eigenvalue weighted by Crippen LogP contribution is 2.10. The number of aromatic amines is 1. The maximum Gasteiger partial charge on any atom is 0.327 e. The molecule has 0 saturated heterocycles. The number of nitrogens with one attached hydrogen (secondary N) is 8. The molecule has 0 saturated carbocycles. The van der Waals surface area contributed by atoms with Crippen molar-refractivity contribution in [1.82, 2.24) is 47.2 Å². The lowest BCUT2D eigenvalue weighted by molar-refractivity contribution is -0.141. The Morgan fingerprint density at radius 3 is 1.62 bits per heavy atom. The number of H-pyrrole nitrogens is 1. The minimum Gasteiger partial charge on any atom is -0.481 e. The van der Waals surface area contributed by atoms with Gasteiger partial charge in [-0.1, -0.05) is 13.8 Å². The molecule has 8 amide bonds. The van der Waals surface area contributed by atoms with Gasteiger partial charge in [-0.05, 0) is 31.6 Å². The molecule has 0 aliphatic carbocycles. The van der Waals surface area contributed by atoms with Crippen molar-refractivity contribution >= 4 is 77.8 Å². The van der Waals surface area contributed by atoms with Crippen LogP contribution < -0.4 is 60.2 Å². The number of rotatable bonds is 31. The third kappa shape index (κ3) is 21.6. The molecule has 0 aliphatic rings. The van der Waals surface area contributed by atoms with Crippen LogP contribution in [-0.2, 0) is 54.4 Å². The number of nitrogens with zero attached hydrogens (tertiary/aromatic N) is 2. The Hall–Kier alpha value is -6.59. The Morgan fingerprint density at radius 1 is 0.692 bits per heavy atom. The predicted octanol–water partition coefficient (Wildman–Crippen LogP) is -7.49. The zero-order valence-corrected chi connectivity index (χ0v) is 36.5. The summed E-state index contributed by atoms with van der Waals surface area (Å²) in [6, 6.07) is -12.6. The maximum absolute atomic E-state index is 14.0. The number of primary amides is 1. The minimum absolute atomic E-state index is 0.00486. The second-order valence-electron chi connectivity index (χ2n) is 14.9. The Labute approximate surface area is 377 Å². The number of hydrogen-bond donors (Lipinski definition) is 17. The van der Waals surface area contributed by atoms with Crippen molar-refractivity contribution in [2.24, 2.45) is 33.8 Å². The number of guanidine groups is 1. The molecule has 1 rings (SSSR count). The third-order valence-electron chi connectivity index (χ3n) is 9.00. The van der Waals surface area contributed by atoms with E-state index < -0.39 is 140 Å². The standard InChI is InChI=1S/C36H60N14O14S/c1-16(2)8-21(46-30(58)20(5-6-27(54)55)45-33(61)24(13-52)49-34(62)23(12-51)48-28(56)18(37)10-26(38)53)31(59)44-19(4-3-7-42-36(39)40)29(57)47-22(9-17-11-41-15-43-17)32(60)50-25(14-65)35(63)64/h11,15-16,18-25,51-52,65H,3-10,12-14,37H2,1-2H3,(H2,38,53)(H,41,43)(H,44,59)(H,45,61)(H,46,58)(H,47,57)(H,48,56)(H,49,62)(H,50,60)(H,54,55)(H,63,64)(H4,39,40,42)/t18-,19-,20-,21-,22-,23-,24-,25-/m0/s1. The second-order valence-corrected chi connectivity index (χ2v) is 15.2. The highest BCUT2D eigenvalue weighted by molar-refractivity contribution is 7.80. The van der Waals surface area contributed by atoms with E-state index in [1.807, 2.05) is 0 Å². The highest BCUT2D eigenvalue weighted by Gasteiger charge is 2.35. The van der Waals surface area contributed by atoms with Crippen LogP contribution in [0.2, 0.25) is 0 Å². The molecule has 1 aromatic rings. The number of thiol groups is 1. The van der Waals surface area contributed by atoms with E-state index in [0.29, 0.717) is 5.69 Å². The minimum atomic E-state index is -1.85. The van der Waals surface area contributed by atoms with Gasteiger partial charge in [0.25, 0.3) is 0 Å². The topological polar surface area (TPSA) is 481 Å². The number of hydrogen-bond acceptors (Lipinski definition) is 16. The first-order chi connectivity index (χ1) is 30.5. The van der Waals surface area contributed by atoms with E-state index in [1.165, 1.54) is 12.5 Å². The van der Waals surface area contributed by atoms with Crippen LogP contribution in [0.25, 0.3) is 0 Å². The number of aliphatic carboxylic acids is 2. The summed E-state index contributed by atoms with van der Waals surface area (Å²) in [4.78, 5) is 138. The molecule has 0 spiro atoms. The Bertz CT molecular complexity index is 1830. The fourth-order valence-corrected chi connectivity index (χ4v) is 5.88. The molecule has 364 valence electrons. The molecule has 8 atom stereocenters. The summed E-state index contributed by atoms with van der Waals surface area (Å²) in [7, 11) is 0. The quantitative estimate of drug-likeness (QED) is 0.0142. The molecule has 1 heterocycles. The fraction of sp³-hybridized carbons (Fsp3) is 0.611. The zero-order valence-electron chi connectivity index (χ0n) is 35.7. The summed E-state index contributed by atoms with van der Waals surface area (Å²) < 4.78 is 0. The number of carbonyl (C=O) groups excluding carboxylic acids is 8. The van der Waals surface area contributed by atoms with Crippen LogP contribution in [0.5, 0.6) is 0 Å². The summed E-state index contributed by atoms with van der Waals surface area (Å²) in [5.74, 6) is -12.0. The van der Waals surface area contributed by atoms with Crippen molar-refractivity contribution < 1.29 is 68.4 Å². The molecule has 20 N–H and O–H groups in total. The first-order valence-corrected chi connectivity index (χ1v) is 20.6. The van der Waals surface area contributed by atoms with Crippen LogP contribution in [0.3, 0.4) is 0 Å². The van der Waals surface area contributed by atoms with E-state index in [-0.39, 0.29) is 49.9 Å². The summed E-state index contributed by atoms with van der Waals surface area (Å²) in [6.07, 6.45) is 0.452. The number of carboxylic acid groups (broad SMARTS) is 2. The number of aliphatic hydroxyl groups excluding tert-OH is 2. The van der Waals surface area contributed by atoms with E-state index in [0.717, 1.165) is 0 Å². The van der Waals surface area contributed by atoms with Gasteiger partial charge >= 0.3 is 11.9 Å². The maximum atomic E-state index is 14.0. The molecular weight excluding hydrogens is 885 g/mol. The third-order valence-corrected chi connectivity index (χ3v) is 9.36. The molecule has 28 nitrogen and oxygen atoms in total. The predicted molar refractivity (Wildman–Crippen MR) is 229 cm³/mol. The van der Waals surface area contributed by atoms with Gasteiger partial charge in [0.05, 0.1) is 32.0 Å². The smallest absolute Gasteiger partial charge is 0.327 e. The van der Waals surface area contributed by atoms with Crippen LogP contribution >= 0.6 is 12.6 Å². The number of imidazole rings is 1. The van der Waals surface area contributed by atoms with Crippen molar-refractivity contribution in [3.05, 3.63) is 18.2 Å². The van der Waals surface area contributed by atoms with Gasteiger partial charge in [0, 0.05) is 37.0 Å². The summed E-state index contributed by atoms with van der Waals surface area (Å²) in [5.41, 5.74) is 21.8. The molecule has 0 radical (unpaired) electrons. The summed E-state index contributed by atoms with van der Waals surface area (Å²) in [5, 5.41) is 54.6. The number of carbonyl (C=O) groups is 10. The first-order valence-electron chi connectivity index (χ1n) is 20.0. The number of nitrogens with two attached hydrogens (primary N) is 4. The van der Waals surface area contributed by atoms with Gasteiger partial charge in [-0.15, -0.1) is 0 Å². The van der Waals surface area contributed by atoms with Gasteiger partial charge in [0.2, 0.25) is 47.3 Å². The largest absolute Gasteiger partial charge is 0.481 e. The Kier molecular flexibility index (Phi) is 25.1. The molecule has 0 aromatic carbocycles. The van der Waals surface area contributed by atoms with Crippen LogP contribution in [0.4, 0.5) is 0 Å². The lowest BCUT2D eigenvalue weighted by atomic mass is 10.0. The van der Waals surface area contributed by atoms with Crippen molar-refractivity contribution in [3.8, 4) is 0 Å². The number of amides is 8. The SMILES string of the molecule is CC(C)C[C@H](NC(=O)[C@H](CCC(=O)O)NC(=O)[C@H](CO)NC(=O)[C@H](CO)NC(=O)[C@@H](N)CC(N)=O)C(=O)N[C@@H](CCCN=C(N)N)C(=O)N[C@@H](Cc1cnc[nH]1)C(=O)N[C@@H](CS)C(=O)O. The van der Waals surface area contributed by atoms with Crippen molar-refractivity contribution in [2.45, 2.75) is 107 Å². The van der Waals surface area contributed by atoms with Crippen LogP contribution in [0, 0.1) is 5.92 Å². The molecular formula is C36H60N14O14S. The average molecular weight is 945 g/mol. The molecule has 65 heavy (non-hydrogen) atoms. The highest BCUT2D eigenvalue weighted by atomic mass is 32.1. The van der Waals surface area contributed by atoms with E-state index in [2.05, 4.69) is 64.8 Å². The Balaban J connectivity index is 3.40. The fourth-order valence-electron chi connectivity index (χ4n) is 5.63. The first kappa shape index (κ1) is 56.4. The molecule has 0 aliphatic heterocycles. The van der Waals surface area contributed by atoms with Gasteiger partial charge in [-0.25, -0.2) is 9.78 Å². The van der Waals surface area contributed by atoms with E-state index in [9.17, 15) is 68.4 Å². The summed E-state index contributed by atoms with van der Waals surface area (Å²) >= 11 is 3.95. The van der Waals surface area contributed by atoms with Crippen molar-refractivity contribution in [3.63, 3.8) is 0 Å². The van der Waals surface area contributed by atoms with Gasteiger partial charge in [0.15, 0.2) is 5.96 Å². The molecule has 0 fully saturated rings. The molecule has 29 heteroatoms. The van der Waals surface area contributed by atoms with Gasteiger partial charge in [0.1, 0.15) is 42.3 Å². The summed E-state index contributed by atoms with van der Waals surface area (Å²) in [6.45, 7) is 1.22. The van der Waals surface area contributed by atoms with Crippen LogP contribution in [-0.4, -0.2) is 169 Å². The van der Waals surface area contributed by atoms with E-state index in [4.69, 9.17) is 22.9 Å². The van der Waals surface area contributed by atoms with Gasteiger partial charge in [-0.2, -0.15) is 12.6 Å². The van der Waals surface area contributed by atoms with Crippen molar-refractivity contribution in [2.75, 3.05) is 25.5 Å². The van der Waals surface area contributed by atoms with Gasteiger partial charge < -0.3 is 85.6 Å². The van der Waals surface area contributed by atoms with Gasteiger partial charge in [-0.3, -0.25) is 48.1 Å². The van der Waals surface area contributed by atoms with E-state index in [1.54, 1.807) is 13.8 Å². The monoisotopic (exact) mass is 944 g/mol. The van der Waals surface area contributed by atoms with Crippen molar-refractivity contribution in [1.29, 1.82) is 0 Å². The molecule has 0 bridgehead atoms. The van der Waals surface area contributed by atoms with E-state index >= 15 is 0 Å². The zero-order chi connectivity index (χ0) is 49.4. The normalized spacial score (nSPS) is 14.6. The number of aliphatic hydroxyl groups is 2. The second kappa shape index (κ2) is 29.0. The lowest BCUT2D eigenvalue weighted by Crippen LogP contribution is -2.61. The molecule has 1 aromatic heterocycles. The average Bonchev–Trinajstić information content (AvgIpc) is 3.74. The number of carboxylic acids is 2.